The Morgan fingerprint density at radius 2 is 1.79 bits per heavy atom. The third kappa shape index (κ3) is 4.36. The van der Waals surface area contributed by atoms with Gasteiger partial charge in [0.05, 0.1) is 27.0 Å². The normalized spacial score (nSPS) is 15.4. The summed E-state index contributed by atoms with van der Waals surface area (Å²) in [6, 6.07) is 13.6. The molecule has 0 fully saturated rings. The molecule has 3 rings (SSSR count). The molecule has 1 aliphatic heterocycles. The van der Waals surface area contributed by atoms with Crippen molar-refractivity contribution in [2.45, 2.75) is 18.9 Å². The van der Waals surface area contributed by atoms with E-state index in [2.05, 4.69) is 10.5 Å². The Morgan fingerprint density at radius 3 is 2.39 bits per heavy atom. The number of carbonyl (C=O) groups excluding carboxylic acids is 1. The number of ether oxygens (including phenoxy) is 3. The fraction of sp³-hybridized carbons (Fsp3) is 0.333. The van der Waals surface area contributed by atoms with E-state index in [-0.39, 0.29) is 5.91 Å². The second-order valence-electron chi connectivity index (χ2n) is 6.28. The van der Waals surface area contributed by atoms with Gasteiger partial charge in [0, 0.05) is 18.5 Å². The van der Waals surface area contributed by atoms with E-state index in [0.29, 0.717) is 35.9 Å². The van der Waals surface area contributed by atoms with Crippen molar-refractivity contribution in [1.82, 2.24) is 5.32 Å². The second kappa shape index (κ2) is 9.12. The predicted molar refractivity (Wildman–Crippen MR) is 105 cm³/mol. The molecule has 7 nitrogen and oxygen atoms in total. The van der Waals surface area contributed by atoms with Crippen LogP contribution in [0.5, 0.6) is 17.2 Å². The molecular formula is C21H24N2O5. The first-order valence-corrected chi connectivity index (χ1v) is 9.01. The molecule has 0 saturated carbocycles. The molecule has 1 amide bonds. The van der Waals surface area contributed by atoms with Gasteiger partial charge in [0.1, 0.15) is 0 Å². The Kier molecular flexibility index (Phi) is 6.37. The monoisotopic (exact) mass is 384 g/mol. The predicted octanol–water partition coefficient (Wildman–Crippen LogP) is 2.56. The summed E-state index contributed by atoms with van der Waals surface area (Å²) < 4.78 is 16.1. The van der Waals surface area contributed by atoms with Crippen LogP contribution in [0.15, 0.2) is 47.6 Å². The summed E-state index contributed by atoms with van der Waals surface area (Å²) in [5.41, 5.74) is 2.58. The number of benzene rings is 2. The molecule has 28 heavy (non-hydrogen) atoms. The number of hydrogen-bond acceptors (Lipinski definition) is 6. The van der Waals surface area contributed by atoms with E-state index in [1.807, 2.05) is 30.3 Å². The Morgan fingerprint density at radius 1 is 1.11 bits per heavy atom. The molecule has 1 unspecified atom stereocenters. The van der Waals surface area contributed by atoms with Gasteiger partial charge in [-0.25, -0.2) is 0 Å². The fourth-order valence-electron chi connectivity index (χ4n) is 3.02. The van der Waals surface area contributed by atoms with Crippen LogP contribution in [0.25, 0.3) is 0 Å². The Balaban J connectivity index is 1.60. The zero-order chi connectivity index (χ0) is 19.9. The summed E-state index contributed by atoms with van der Waals surface area (Å²) in [5.74, 6) is 1.37. The van der Waals surface area contributed by atoms with Gasteiger partial charge in [0.2, 0.25) is 11.9 Å². The Bertz CT molecular complexity index is 826. The summed E-state index contributed by atoms with van der Waals surface area (Å²) in [7, 11) is 4.65. The molecule has 0 bridgehead atoms. The maximum Gasteiger partial charge on any atom is 0.264 e. The van der Waals surface area contributed by atoms with E-state index in [9.17, 15) is 4.79 Å². The molecule has 0 radical (unpaired) electrons. The highest BCUT2D eigenvalue weighted by Gasteiger charge is 2.29. The highest BCUT2D eigenvalue weighted by atomic mass is 16.6. The molecular weight excluding hydrogens is 360 g/mol. The fourth-order valence-corrected chi connectivity index (χ4v) is 3.02. The molecule has 0 spiro atoms. The number of carbonyl (C=O) groups is 1. The zero-order valence-corrected chi connectivity index (χ0v) is 16.2. The average molecular weight is 384 g/mol. The molecule has 2 aromatic carbocycles. The van der Waals surface area contributed by atoms with Crippen LogP contribution in [0, 0.1) is 0 Å². The highest BCUT2D eigenvalue weighted by Crippen LogP contribution is 2.39. The van der Waals surface area contributed by atoms with Gasteiger partial charge in [0.15, 0.2) is 11.5 Å². The first-order chi connectivity index (χ1) is 13.7. The lowest BCUT2D eigenvalue weighted by atomic mass is 10.0. The smallest absolute Gasteiger partial charge is 0.264 e. The van der Waals surface area contributed by atoms with Gasteiger partial charge in [-0.05, 0) is 24.1 Å². The van der Waals surface area contributed by atoms with E-state index in [4.69, 9.17) is 19.0 Å². The molecule has 1 N–H and O–H groups in total. The van der Waals surface area contributed by atoms with Crippen molar-refractivity contribution in [3.05, 3.63) is 53.6 Å². The van der Waals surface area contributed by atoms with Crippen molar-refractivity contribution in [1.29, 1.82) is 0 Å². The van der Waals surface area contributed by atoms with Gasteiger partial charge in [0.25, 0.3) is 5.91 Å². The number of oxime groups is 1. The van der Waals surface area contributed by atoms with Crippen LogP contribution in [-0.4, -0.2) is 45.6 Å². The van der Waals surface area contributed by atoms with Crippen molar-refractivity contribution in [2.24, 2.45) is 5.16 Å². The number of methoxy groups -OCH3 is 3. The van der Waals surface area contributed by atoms with Crippen molar-refractivity contribution >= 4 is 11.6 Å². The van der Waals surface area contributed by atoms with E-state index < -0.39 is 6.10 Å². The number of amides is 1. The number of nitrogens with one attached hydrogen (secondary N) is 1. The minimum atomic E-state index is -0.648. The molecule has 7 heteroatoms. The van der Waals surface area contributed by atoms with Gasteiger partial charge in [-0.15, -0.1) is 0 Å². The van der Waals surface area contributed by atoms with Gasteiger partial charge >= 0.3 is 0 Å². The van der Waals surface area contributed by atoms with Crippen LogP contribution in [0.2, 0.25) is 0 Å². The average Bonchev–Trinajstić information content (AvgIpc) is 3.23. The third-order valence-electron chi connectivity index (χ3n) is 4.51. The van der Waals surface area contributed by atoms with Crippen molar-refractivity contribution in [2.75, 3.05) is 27.9 Å². The SMILES string of the molecule is COc1cc(C2=NOC(C(=O)NCCc3ccccc3)C2)cc(OC)c1OC. The second-order valence-corrected chi connectivity index (χ2v) is 6.28. The minimum Gasteiger partial charge on any atom is -0.493 e. The summed E-state index contributed by atoms with van der Waals surface area (Å²) in [4.78, 5) is 17.7. The number of rotatable bonds is 8. The molecule has 148 valence electrons. The van der Waals surface area contributed by atoms with Crippen LogP contribution in [0.4, 0.5) is 0 Å². The highest BCUT2D eigenvalue weighted by molar-refractivity contribution is 6.04. The van der Waals surface area contributed by atoms with Crippen molar-refractivity contribution in [3.8, 4) is 17.2 Å². The lowest BCUT2D eigenvalue weighted by Crippen LogP contribution is -2.36. The molecule has 0 aliphatic carbocycles. The van der Waals surface area contributed by atoms with Crippen LogP contribution in [-0.2, 0) is 16.1 Å². The third-order valence-corrected chi connectivity index (χ3v) is 4.51. The van der Waals surface area contributed by atoms with E-state index in [0.717, 1.165) is 12.0 Å². The summed E-state index contributed by atoms with van der Waals surface area (Å²) in [6.07, 6.45) is 0.486. The maximum atomic E-state index is 12.4. The lowest BCUT2D eigenvalue weighted by Gasteiger charge is -2.14. The molecule has 0 saturated heterocycles. The van der Waals surface area contributed by atoms with Crippen LogP contribution in [0.1, 0.15) is 17.5 Å². The van der Waals surface area contributed by atoms with Gasteiger partial charge in [-0.1, -0.05) is 35.5 Å². The van der Waals surface area contributed by atoms with Gasteiger partial charge in [-0.3, -0.25) is 4.79 Å². The van der Waals surface area contributed by atoms with Crippen molar-refractivity contribution < 1.29 is 23.8 Å². The molecule has 1 atom stereocenters. The summed E-state index contributed by atoms with van der Waals surface area (Å²) >= 11 is 0. The number of nitrogens with zero attached hydrogens (tertiary/aromatic N) is 1. The Labute approximate surface area is 164 Å². The van der Waals surface area contributed by atoms with Gasteiger partial charge in [-0.2, -0.15) is 0 Å². The first-order valence-electron chi connectivity index (χ1n) is 9.01. The molecule has 1 heterocycles. The quantitative estimate of drug-likeness (QED) is 0.757. The first kappa shape index (κ1) is 19.5. The minimum absolute atomic E-state index is 0.179. The lowest BCUT2D eigenvalue weighted by molar-refractivity contribution is -0.131. The molecule has 0 aromatic heterocycles. The van der Waals surface area contributed by atoms with E-state index >= 15 is 0 Å². The van der Waals surface area contributed by atoms with Crippen molar-refractivity contribution in [3.63, 3.8) is 0 Å². The summed E-state index contributed by atoms with van der Waals surface area (Å²) in [5, 5.41) is 6.99. The standard InChI is InChI=1S/C21H24N2O5/c1-25-17-11-15(12-18(26-2)20(17)27-3)16-13-19(28-23-16)21(24)22-10-9-14-7-5-4-6-8-14/h4-8,11-12,19H,9-10,13H2,1-3H3,(H,22,24). The topological polar surface area (TPSA) is 78.4 Å². The summed E-state index contributed by atoms with van der Waals surface area (Å²) in [6.45, 7) is 0.544. The largest absolute Gasteiger partial charge is 0.493 e. The van der Waals surface area contributed by atoms with Crippen LogP contribution >= 0.6 is 0 Å². The van der Waals surface area contributed by atoms with Crippen LogP contribution in [0.3, 0.4) is 0 Å². The van der Waals surface area contributed by atoms with Crippen LogP contribution < -0.4 is 19.5 Å². The molecule has 2 aromatic rings. The Hall–Kier alpha value is -3.22. The molecule has 1 aliphatic rings. The van der Waals surface area contributed by atoms with E-state index in [1.54, 1.807) is 33.5 Å². The zero-order valence-electron chi connectivity index (χ0n) is 16.2. The van der Waals surface area contributed by atoms with E-state index in [1.165, 1.54) is 5.56 Å². The van der Waals surface area contributed by atoms with Gasteiger partial charge < -0.3 is 24.4 Å². The maximum absolute atomic E-state index is 12.4. The number of hydrogen-bond donors (Lipinski definition) is 1.